The summed E-state index contributed by atoms with van der Waals surface area (Å²) in [5.74, 6) is -0.314. The highest BCUT2D eigenvalue weighted by Crippen LogP contribution is 2.05. The van der Waals surface area contributed by atoms with Crippen LogP contribution in [0.1, 0.15) is 6.92 Å². The van der Waals surface area contributed by atoms with E-state index in [1.807, 2.05) is 6.92 Å². The summed E-state index contributed by atoms with van der Waals surface area (Å²) < 4.78 is 0. The van der Waals surface area contributed by atoms with Crippen LogP contribution in [0, 0.1) is 0 Å². The van der Waals surface area contributed by atoms with Gasteiger partial charge in [-0.1, -0.05) is 0 Å². The predicted octanol–water partition coefficient (Wildman–Crippen LogP) is -1.97. The normalized spacial score (nSPS) is 19.7. The molecule has 0 radical (unpaired) electrons. The van der Waals surface area contributed by atoms with Gasteiger partial charge in [-0.2, -0.15) is 0 Å². The van der Waals surface area contributed by atoms with Gasteiger partial charge in [-0.25, -0.2) is 0 Å². The molecule has 0 bridgehead atoms. The molecule has 0 aromatic carbocycles. The van der Waals surface area contributed by atoms with Crippen molar-refractivity contribution in [3.63, 3.8) is 0 Å². The summed E-state index contributed by atoms with van der Waals surface area (Å²) >= 11 is 0. The van der Waals surface area contributed by atoms with Gasteiger partial charge in [0.1, 0.15) is 0 Å². The molecule has 15 heavy (non-hydrogen) atoms. The van der Waals surface area contributed by atoms with Crippen LogP contribution in [0.2, 0.25) is 0 Å². The average molecular weight is 216 g/mol. The Morgan fingerprint density at radius 3 is 2.33 bits per heavy atom. The number of piperazine rings is 1. The van der Waals surface area contributed by atoms with Gasteiger partial charge >= 0.3 is 0 Å². The zero-order valence-electron chi connectivity index (χ0n) is 8.72. The minimum absolute atomic E-state index is 0.0102. The van der Waals surface area contributed by atoms with E-state index in [4.69, 9.17) is 10.2 Å². The molecule has 1 atom stereocenters. The maximum Gasteiger partial charge on any atom is 0.242 e. The van der Waals surface area contributed by atoms with E-state index in [0.29, 0.717) is 6.54 Å². The number of carbonyl (C=O) groups is 2. The van der Waals surface area contributed by atoms with Gasteiger partial charge in [-0.3, -0.25) is 9.59 Å². The summed E-state index contributed by atoms with van der Waals surface area (Å²) in [4.78, 5) is 25.7. The van der Waals surface area contributed by atoms with Crippen molar-refractivity contribution in [1.82, 2.24) is 9.80 Å². The third-order valence-electron chi connectivity index (χ3n) is 2.38. The quantitative estimate of drug-likeness (QED) is 0.571. The molecule has 2 N–H and O–H groups in total. The Kier molecular flexibility index (Phi) is 4.05. The Morgan fingerprint density at radius 1 is 1.27 bits per heavy atom. The molecule has 1 aliphatic rings. The first-order valence-electron chi connectivity index (χ1n) is 4.93. The first-order valence-corrected chi connectivity index (χ1v) is 4.93. The molecule has 1 heterocycles. The average Bonchev–Trinajstić information content (AvgIpc) is 2.22. The molecular formula is C9H16N2O4. The molecule has 1 rings (SSSR count). The Labute approximate surface area is 88.1 Å². The summed E-state index contributed by atoms with van der Waals surface area (Å²) in [7, 11) is 0. The largest absolute Gasteiger partial charge is 0.394 e. The number of β-amino-alcohol motifs (C(OH)–C–C–N with tert-alkyl or cyclic N) is 1. The van der Waals surface area contributed by atoms with E-state index < -0.39 is 12.7 Å². The maximum absolute atomic E-state index is 11.5. The summed E-state index contributed by atoms with van der Waals surface area (Å²) in [5, 5.41) is 17.8. The highest BCUT2D eigenvalue weighted by Gasteiger charge is 2.29. The van der Waals surface area contributed by atoms with Crippen LogP contribution in [0.25, 0.3) is 0 Å². The molecule has 1 saturated heterocycles. The fourth-order valence-corrected chi connectivity index (χ4v) is 1.47. The van der Waals surface area contributed by atoms with Crippen LogP contribution in [-0.4, -0.2) is 70.7 Å². The fourth-order valence-electron chi connectivity index (χ4n) is 1.47. The molecule has 2 amide bonds. The lowest BCUT2D eigenvalue weighted by atomic mass is 10.2. The Bertz CT molecular complexity index is 256. The summed E-state index contributed by atoms with van der Waals surface area (Å²) in [6.45, 7) is 1.98. The summed E-state index contributed by atoms with van der Waals surface area (Å²) in [6, 6.07) is 0. The first-order chi connectivity index (χ1) is 7.08. The zero-order chi connectivity index (χ0) is 11.4. The van der Waals surface area contributed by atoms with Gasteiger partial charge in [0.05, 0.1) is 25.8 Å². The van der Waals surface area contributed by atoms with Gasteiger partial charge in [-0.05, 0) is 6.92 Å². The molecule has 1 aliphatic heterocycles. The highest BCUT2D eigenvalue weighted by molar-refractivity contribution is 5.92. The van der Waals surface area contributed by atoms with Crippen molar-refractivity contribution < 1.29 is 19.8 Å². The second-order valence-electron chi connectivity index (χ2n) is 3.52. The van der Waals surface area contributed by atoms with Crippen LogP contribution in [-0.2, 0) is 9.59 Å². The van der Waals surface area contributed by atoms with Crippen molar-refractivity contribution in [1.29, 1.82) is 0 Å². The third-order valence-corrected chi connectivity index (χ3v) is 2.38. The molecule has 0 spiro atoms. The molecule has 6 heteroatoms. The van der Waals surface area contributed by atoms with Crippen molar-refractivity contribution in [2.75, 3.05) is 32.8 Å². The smallest absolute Gasteiger partial charge is 0.242 e. The molecule has 86 valence electrons. The molecular weight excluding hydrogens is 200 g/mol. The standard InChI is InChI=1S/C9H16N2O4/c1-2-10-4-9(15)11(5-8(10)14)3-7(13)6-12/h7,12-13H,2-6H2,1H3. The van der Waals surface area contributed by atoms with E-state index in [2.05, 4.69) is 0 Å². The summed E-state index contributed by atoms with van der Waals surface area (Å²) in [6.07, 6.45) is -0.977. The van der Waals surface area contributed by atoms with Crippen LogP contribution in [0.3, 0.4) is 0 Å². The molecule has 0 aromatic rings. The second kappa shape index (κ2) is 5.09. The second-order valence-corrected chi connectivity index (χ2v) is 3.52. The third kappa shape index (κ3) is 2.90. The van der Waals surface area contributed by atoms with Gasteiger partial charge in [0, 0.05) is 13.1 Å². The van der Waals surface area contributed by atoms with Crippen LogP contribution in [0.4, 0.5) is 0 Å². The van der Waals surface area contributed by atoms with Crippen LogP contribution in [0.15, 0.2) is 0 Å². The number of hydrogen-bond acceptors (Lipinski definition) is 4. The lowest BCUT2D eigenvalue weighted by molar-refractivity contribution is -0.151. The minimum atomic E-state index is -0.977. The van der Waals surface area contributed by atoms with Crippen molar-refractivity contribution in [2.45, 2.75) is 13.0 Å². The number of carbonyl (C=O) groups excluding carboxylic acids is 2. The van der Waals surface area contributed by atoms with Crippen LogP contribution >= 0.6 is 0 Å². The molecule has 0 saturated carbocycles. The van der Waals surface area contributed by atoms with Crippen LogP contribution in [0.5, 0.6) is 0 Å². The molecule has 6 nitrogen and oxygen atoms in total. The monoisotopic (exact) mass is 216 g/mol. The number of aliphatic hydroxyl groups excluding tert-OH is 2. The topological polar surface area (TPSA) is 81.1 Å². The molecule has 1 fully saturated rings. The highest BCUT2D eigenvalue weighted by atomic mass is 16.3. The van der Waals surface area contributed by atoms with Crippen molar-refractivity contribution >= 4 is 11.8 Å². The number of amides is 2. The van der Waals surface area contributed by atoms with Gasteiger partial charge < -0.3 is 20.0 Å². The Balaban J connectivity index is 2.55. The number of rotatable bonds is 4. The van der Waals surface area contributed by atoms with Gasteiger partial charge in [0.25, 0.3) is 0 Å². The molecule has 0 aliphatic carbocycles. The molecule has 1 unspecified atom stereocenters. The van der Waals surface area contributed by atoms with E-state index in [0.717, 1.165) is 0 Å². The maximum atomic E-state index is 11.5. The predicted molar refractivity (Wildman–Crippen MR) is 51.9 cm³/mol. The Hall–Kier alpha value is -1.14. The van der Waals surface area contributed by atoms with Gasteiger partial charge in [0.2, 0.25) is 11.8 Å². The Morgan fingerprint density at radius 2 is 1.80 bits per heavy atom. The van der Waals surface area contributed by atoms with E-state index in [1.165, 1.54) is 9.80 Å². The number of likely N-dealkylation sites (N-methyl/N-ethyl adjacent to an activating group) is 1. The van der Waals surface area contributed by atoms with E-state index in [9.17, 15) is 9.59 Å². The van der Waals surface area contributed by atoms with E-state index in [-0.39, 0.29) is 31.4 Å². The number of nitrogens with zero attached hydrogens (tertiary/aromatic N) is 2. The number of hydrogen-bond donors (Lipinski definition) is 2. The first kappa shape index (κ1) is 11.9. The van der Waals surface area contributed by atoms with E-state index >= 15 is 0 Å². The molecule has 0 aromatic heterocycles. The summed E-state index contributed by atoms with van der Waals surface area (Å²) in [5.41, 5.74) is 0. The SMILES string of the molecule is CCN1CC(=O)N(CC(O)CO)CC1=O. The number of aliphatic hydroxyl groups is 2. The van der Waals surface area contributed by atoms with Crippen molar-refractivity contribution in [2.24, 2.45) is 0 Å². The lowest BCUT2D eigenvalue weighted by Crippen LogP contribution is -2.55. The zero-order valence-corrected chi connectivity index (χ0v) is 8.72. The van der Waals surface area contributed by atoms with Gasteiger partial charge in [0.15, 0.2) is 0 Å². The van der Waals surface area contributed by atoms with Crippen molar-refractivity contribution in [3.8, 4) is 0 Å². The fraction of sp³-hybridized carbons (Fsp3) is 0.778. The lowest BCUT2D eigenvalue weighted by Gasteiger charge is -2.34. The van der Waals surface area contributed by atoms with Crippen LogP contribution < -0.4 is 0 Å². The van der Waals surface area contributed by atoms with Crippen molar-refractivity contribution in [3.05, 3.63) is 0 Å². The van der Waals surface area contributed by atoms with E-state index in [1.54, 1.807) is 0 Å². The minimum Gasteiger partial charge on any atom is -0.394 e. The van der Waals surface area contributed by atoms with Gasteiger partial charge in [-0.15, -0.1) is 0 Å².